The average molecular weight is 345 g/mol. The molecule has 2 N–H and O–H groups in total. The Morgan fingerprint density at radius 3 is 2.81 bits per heavy atom. The van der Waals surface area contributed by atoms with E-state index >= 15 is 0 Å². The van der Waals surface area contributed by atoms with Crippen LogP contribution in [0.3, 0.4) is 0 Å². The zero-order chi connectivity index (χ0) is 14.8. The standard InChI is InChI=1S/C17H17BrN2O/c18-15-8-7-12(10-16(15)19)11-20-9-3-5-13-4-1-2-6-14(13)17(20)21/h1-2,4,6-8,10H,3,5,9,11,19H2. The molecule has 1 heterocycles. The van der Waals surface area contributed by atoms with Crippen molar-refractivity contribution in [2.45, 2.75) is 19.4 Å². The molecule has 0 atom stereocenters. The topological polar surface area (TPSA) is 46.3 Å². The van der Waals surface area contributed by atoms with E-state index in [1.54, 1.807) is 0 Å². The molecule has 0 unspecified atom stereocenters. The number of halogens is 1. The second kappa shape index (κ2) is 5.90. The molecule has 1 aliphatic rings. The number of carbonyl (C=O) groups excluding carboxylic acids is 1. The van der Waals surface area contributed by atoms with Gasteiger partial charge in [0.05, 0.1) is 0 Å². The quantitative estimate of drug-likeness (QED) is 0.845. The second-order valence-corrected chi connectivity index (χ2v) is 6.20. The van der Waals surface area contributed by atoms with Crippen molar-refractivity contribution in [3.05, 3.63) is 63.6 Å². The second-order valence-electron chi connectivity index (χ2n) is 5.34. The predicted octanol–water partition coefficient (Wildman–Crippen LogP) is 3.62. The highest BCUT2D eigenvalue weighted by Gasteiger charge is 2.22. The molecule has 3 nitrogen and oxygen atoms in total. The summed E-state index contributed by atoms with van der Waals surface area (Å²) >= 11 is 3.39. The van der Waals surface area contributed by atoms with Gasteiger partial charge in [-0.1, -0.05) is 24.3 Å². The summed E-state index contributed by atoms with van der Waals surface area (Å²) in [5.41, 5.74) is 9.67. The fraction of sp³-hybridized carbons (Fsp3) is 0.235. The van der Waals surface area contributed by atoms with Crippen molar-refractivity contribution < 1.29 is 4.79 Å². The third-order valence-corrected chi connectivity index (χ3v) is 4.57. The number of nitrogens with two attached hydrogens (primary N) is 1. The number of hydrogen-bond donors (Lipinski definition) is 1. The number of aryl methyl sites for hydroxylation is 1. The van der Waals surface area contributed by atoms with E-state index in [4.69, 9.17) is 5.73 Å². The molecule has 0 aliphatic carbocycles. The van der Waals surface area contributed by atoms with Gasteiger partial charge >= 0.3 is 0 Å². The summed E-state index contributed by atoms with van der Waals surface area (Å²) in [7, 11) is 0. The Bertz CT molecular complexity index is 684. The fourth-order valence-electron chi connectivity index (χ4n) is 2.74. The van der Waals surface area contributed by atoms with Crippen LogP contribution in [0.25, 0.3) is 0 Å². The zero-order valence-corrected chi connectivity index (χ0v) is 13.3. The maximum atomic E-state index is 12.7. The normalized spacial score (nSPS) is 14.7. The van der Waals surface area contributed by atoms with E-state index in [0.29, 0.717) is 12.2 Å². The molecule has 2 aromatic carbocycles. The van der Waals surface area contributed by atoms with Crippen LogP contribution >= 0.6 is 15.9 Å². The first kappa shape index (κ1) is 14.1. The number of nitrogen functional groups attached to an aromatic ring is 1. The molecule has 0 spiro atoms. The number of hydrogen-bond acceptors (Lipinski definition) is 2. The lowest BCUT2D eigenvalue weighted by atomic mass is 10.0. The Morgan fingerprint density at radius 2 is 2.00 bits per heavy atom. The van der Waals surface area contributed by atoms with Crippen LogP contribution < -0.4 is 5.73 Å². The lowest BCUT2D eigenvalue weighted by Crippen LogP contribution is -2.30. The molecular weight excluding hydrogens is 328 g/mol. The maximum absolute atomic E-state index is 12.7. The number of anilines is 1. The number of fused-ring (bicyclic) bond motifs is 1. The summed E-state index contributed by atoms with van der Waals surface area (Å²) in [6, 6.07) is 13.8. The van der Waals surface area contributed by atoms with E-state index in [1.165, 1.54) is 0 Å². The van der Waals surface area contributed by atoms with Gasteiger partial charge in [-0.05, 0) is 58.1 Å². The molecule has 1 aliphatic heterocycles. The SMILES string of the molecule is Nc1cc(CN2CCCc3ccccc3C2=O)ccc1Br. The fourth-order valence-corrected chi connectivity index (χ4v) is 2.99. The Kier molecular flexibility index (Phi) is 3.97. The number of carbonyl (C=O) groups is 1. The van der Waals surface area contributed by atoms with Crippen molar-refractivity contribution in [1.82, 2.24) is 4.90 Å². The predicted molar refractivity (Wildman–Crippen MR) is 88.1 cm³/mol. The minimum absolute atomic E-state index is 0.115. The van der Waals surface area contributed by atoms with Crippen LogP contribution in [0.4, 0.5) is 5.69 Å². The van der Waals surface area contributed by atoms with E-state index in [9.17, 15) is 4.79 Å². The van der Waals surface area contributed by atoms with Crippen molar-refractivity contribution in [3.63, 3.8) is 0 Å². The Balaban J connectivity index is 1.85. The zero-order valence-electron chi connectivity index (χ0n) is 11.7. The lowest BCUT2D eigenvalue weighted by molar-refractivity contribution is 0.0749. The molecule has 0 saturated heterocycles. The lowest BCUT2D eigenvalue weighted by Gasteiger charge is -2.21. The van der Waals surface area contributed by atoms with Gasteiger partial charge in [-0.25, -0.2) is 0 Å². The van der Waals surface area contributed by atoms with Crippen molar-refractivity contribution in [2.24, 2.45) is 0 Å². The summed E-state index contributed by atoms with van der Waals surface area (Å²) in [6.07, 6.45) is 1.95. The monoisotopic (exact) mass is 344 g/mol. The number of amides is 1. The first-order valence-corrected chi connectivity index (χ1v) is 7.85. The van der Waals surface area contributed by atoms with Crippen molar-refractivity contribution >= 4 is 27.5 Å². The van der Waals surface area contributed by atoms with Crippen LogP contribution in [0.15, 0.2) is 46.9 Å². The van der Waals surface area contributed by atoms with Gasteiger partial charge in [-0.15, -0.1) is 0 Å². The molecule has 0 aromatic heterocycles. The molecule has 0 bridgehead atoms. The molecular formula is C17H17BrN2O. The van der Waals surface area contributed by atoms with Crippen molar-refractivity contribution in [3.8, 4) is 0 Å². The highest BCUT2D eigenvalue weighted by Crippen LogP contribution is 2.23. The van der Waals surface area contributed by atoms with E-state index in [1.807, 2.05) is 47.4 Å². The van der Waals surface area contributed by atoms with Crippen LogP contribution in [-0.4, -0.2) is 17.4 Å². The Morgan fingerprint density at radius 1 is 1.19 bits per heavy atom. The molecule has 0 radical (unpaired) electrons. The van der Waals surface area contributed by atoms with Crippen LogP contribution in [0.2, 0.25) is 0 Å². The van der Waals surface area contributed by atoms with Gasteiger partial charge in [-0.3, -0.25) is 4.79 Å². The molecule has 21 heavy (non-hydrogen) atoms. The number of nitrogens with zero attached hydrogens (tertiary/aromatic N) is 1. The molecule has 2 aromatic rings. The molecule has 1 amide bonds. The van der Waals surface area contributed by atoms with Crippen molar-refractivity contribution in [2.75, 3.05) is 12.3 Å². The van der Waals surface area contributed by atoms with Gasteiger partial charge in [0.2, 0.25) is 0 Å². The first-order chi connectivity index (χ1) is 10.1. The van der Waals surface area contributed by atoms with Gasteiger partial charge < -0.3 is 10.6 Å². The van der Waals surface area contributed by atoms with E-state index in [-0.39, 0.29) is 5.91 Å². The van der Waals surface area contributed by atoms with Gasteiger partial charge in [0.25, 0.3) is 5.91 Å². The summed E-state index contributed by atoms with van der Waals surface area (Å²) in [4.78, 5) is 14.6. The van der Waals surface area contributed by atoms with Gasteiger partial charge in [0.15, 0.2) is 0 Å². The minimum Gasteiger partial charge on any atom is -0.398 e. The first-order valence-electron chi connectivity index (χ1n) is 7.06. The Hall–Kier alpha value is -1.81. The van der Waals surface area contributed by atoms with Gasteiger partial charge in [-0.2, -0.15) is 0 Å². The molecule has 108 valence electrons. The van der Waals surface area contributed by atoms with Crippen LogP contribution in [0.5, 0.6) is 0 Å². The summed E-state index contributed by atoms with van der Waals surface area (Å²) in [6.45, 7) is 1.38. The molecule has 3 rings (SSSR count). The highest BCUT2D eigenvalue weighted by molar-refractivity contribution is 9.10. The minimum atomic E-state index is 0.115. The Labute approximate surface area is 132 Å². The maximum Gasteiger partial charge on any atom is 0.254 e. The number of rotatable bonds is 2. The van der Waals surface area contributed by atoms with Crippen LogP contribution in [-0.2, 0) is 13.0 Å². The van der Waals surface area contributed by atoms with E-state index in [2.05, 4.69) is 15.9 Å². The highest BCUT2D eigenvalue weighted by atomic mass is 79.9. The molecule has 0 fully saturated rings. The molecule has 0 saturated carbocycles. The van der Waals surface area contributed by atoms with Crippen molar-refractivity contribution in [1.29, 1.82) is 0 Å². The third kappa shape index (κ3) is 2.95. The van der Waals surface area contributed by atoms with E-state index < -0.39 is 0 Å². The smallest absolute Gasteiger partial charge is 0.254 e. The molecule has 4 heteroatoms. The summed E-state index contributed by atoms with van der Waals surface area (Å²) in [5.74, 6) is 0.115. The average Bonchev–Trinajstić information content (AvgIpc) is 2.64. The summed E-state index contributed by atoms with van der Waals surface area (Å²) in [5, 5.41) is 0. The van der Waals surface area contributed by atoms with Crippen LogP contribution in [0, 0.1) is 0 Å². The van der Waals surface area contributed by atoms with Gasteiger partial charge in [0.1, 0.15) is 0 Å². The number of benzene rings is 2. The largest absolute Gasteiger partial charge is 0.398 e. The third-order valence-electron chi connectivity index (χ3n) is 3.84. The van der Waals surface area contributed by atoms with Crippen LogP contribution in [0.1, 0.15) is 27.9 Å². The van der Waals surface area contributed by atoms with E-state index in [0.717, 1.165) is 40.5 Å². The van der Waals surface area contributed by atoms with Gasteiger partial charge in [0, 0.05) is 28.8 Å². The summed E-state index contributed by atoms with van der Waals surface area (Å²) < 4.78 is 0.888.